The maximum absolute atomic E-state index is 11.8. The second kappa shape index (κ2) is 5.30. The summed E-state index contributed by atoms with van der Waals surface area (Å²) in [6.07, 6.45) is -0.732. The van der Waals surface area contributed by atoms with Gasteiger partial charge in [-0.2, -0.15) is 4.98 Å². The molecule has 8 heteroatoms. The molecule has 3 atom stereocenters. The van der Waals surface area contributed by atoms with Crippen LogP contribution in [0.3, 0.4) is 0 Å². The number of hydrogen-bond donors (Lipinski definition) is 3. The Morgan fingerprint density at radius 1 is 1.74 bits per heavy atom. The van der Waals surface area contributed by atoms with Crippen LogP contribution in [-0.2, 0) is 4.74 Å². The van der Waals surface area contributed by atoms with Crippen molar-refractivity contribution >= 4 is 22.5 Å². The summed E-state index contributed by atoms with van der Waals surface area (Å²) >= 11 is 5.76. The zero-order valence-corrected chi connectivity index (χ0v) is 10.7. The normalized spacial score (nSPS) is 26.6. The Morgan fingerprint density at radius 3 is 2.95 bits per heavy atom. The summed E-state index contributed by atoms with van der Waals surface area (Å²) in [5.74, 6) is -0.0153. The van der Waals surface area contributed by atoms with E-state index in [1.54, 1.807) is 0 Å². The van der Waals surface area contributed by atoms with Gasteiger partial charge in [-0.25, -0.2) is 4.79 Å². The lowest BCUT2D eigenvalue weighted by atomic mass is 10.2. The largest absolute Gasteiger partial charge is 0.394 e. The summed E-state index contributed by atoms with van der Waals surface area (Å²) in [4.78, 5) is 15.4. The second-order valence-electron chi connectivity index (χ2n) is 4.25. The van der Waals surface area contributed by atoms with Crippen molar-refractivity contribution in [3.05, 3.63) is 28.8 Å². The molecule has 2 rings (SSSR count). The Morgan fingerprint density at radius 2 is 2.42 bits per heavy atom. The van der Waals surface area contributed by atoms with Crippen molar-refractivity contribution < 1.29 is 14.9 Å². The summed E-state index contributed by atoms with van der Waals surface area (Å²) in [5.41, 5.74) is 5.28. The monoisotopic (exact) mass is 287 g/mol. The first-order chi connectivity index (χ1) is 8.93. The van der Waals surface area contributed by atoms with Crippen LogP contribution in [0.15, 0.2) is 17.6 Å². The van der Waals surface area contributed by atoms with Crippen LogP contribution in [0.4, 0.5) is 5.82 Å². The number of halogens is 1. The molecular formula is C11H14ClN3O4. The molecule has 0 aromatic carbocycles. The SMILES string of the molecule is C=C(Cl)c1cn([C@@H]2C[C@@H](O)[C@H](CO)O2)c(=O)nc1N. The molecule has 7 nitrogen and oxygen atoms in total. The van der Waals surface area contributed by atoms with Gasteiger partial charge in [-0.15, -0.1) is 0 Å². The van der Waals surface area contributed by atoms with Gasteiger partial charge in [0.15, 0.2) is 0 Å². The van der Waals surface area contributed by atoms with Crippen LogP contribution >= 0.6 is 11.6 Å². The molecule has 0 saturated carbocycles. The Labute approximate surface area is 113 Å². The number of hydrogen-bond acceptors (Lipinski definition) is 6. The number of ether oxygens (including phenoxy) is 1. The lowest BCUT2D eigenvalue weighted by molar-refractivity contribution is -0.0458. The van der Waals surface area contributed by atoms with Gasteiger partial charge in [-0.1, -0.05) is 18.2 Å². The van der Waals surface area contributed by atoms with E-state index in [2.05, 4.69) is 11.6 Å². The van der Waals surface area contributed by atoms with Crippen LogP contribution in [0, 0.1) is 0 Å². The van der Waals surface area contributed by atoms with E-state index >= 15 is 0 Å². The third-order valence-electron chi connectivity index (χ3n) is 2.97. The number of aromatic nitrogens is 2. The molecule has 0 unspecified atom stereocenters. The van der Waals surface area contributed by atoms with Gasteiger partial charge in [0.2, 0.25) is 0 Å². The molecule has 0 spiro atoms. The highest BCUT2D eigenvalue weighted by molar-refractivity contribution is 6.48. The number of nitrogens with two attached hydrogens (primary N) is 1. The predicted octanol–water partition coefficient (Wildman–Crippen LogP) is -0.324. The highest BCUT2D eigenvalue weighted by Gasteiger charge is 2.35. The van der Waals surface area contributed by atoms with E-state index in [1.807, 2.05) is 0 Å². The molecule has 0 aliphatic carbocycles. The van der Waals surface area contributed by atoms with Crippen molar-refractivity contribution in [1.82, 2.24) is 9.55 Å². The van der Waals surface area contributed by atoms with Crippen molar-refractivity contribution in [1.29, 1.82) is 0 Å². The fraction of sp³-hybridized carbons (Fsp3) is 0.455. The lowest BCUT2D eigenvalue weighted by Gasteiger charge is -2.15. The third-order valence-corrected chi connectivity index (χ3v) is 3.17. The lowest BCUT2D eigenvalue weighted by Crippen LogP contribution is -2.29. The topological polar surface area (TPSA) is 111 Å². The Hall–Kier alpha value is -1.41. The van der Waals surface area contributed by atoms with Crippen molar-refractivity contribution in [3.8, 4) is 0 Å². The minimum absolute atomic E-state index is 0.0153. The van der Waals surface area contributed by atoms with E-state index in [4.69, 9.17) is 27.2 Å². The smallest absolute Gasteiger partial charge is 0.351 e. The van der Waals surface area contributed by atoms with Crippen molar-refractivity contribution in [2.24, 2.45) is 0 Å². The van der Waals surface area contributed by atoms with Gasteiger partial charge in [-0.3, -0.25) is 4.57 Å². The van der Waals surface area contributed by atoms with Crippen LogP contribution in [0.25, 0.3) is 5.03 Å². The van der Waals surface area contributed by atoms with E-state index in [9.17, 15) is 9.90 Å². The fourth-order valence-corrected chi connectivity index (χ4v) is 2.09. The highest BCUT2D eigenvalue weighted by Crippen LogP contribution is 2.29. The van der Waals surface area contributed by atoms with E-state index in [0.29, 0.717) is 5.56 Å². The van der Waals surface area contributed by atoms with Gasteiger partial charge < -0.3 is 20.7 Å². The zero-order valence-electron chi connectivity index (χ0n) is 9.99. The van der Waals surface area contributed by atoms with E-state index < -0.39 is 24.1 Å². The first kappa shape index (κ1) is 14.0. The molecule has 0 amide bonds. The van der Waals surface area contributed by atoms with Crippen molar-refractivity contribution in [3.63, 3.8) is 0 Å². The van der Waals surface area contributed by atoms with Gasteiger partial charge in [-0.05, 0) is 0 Å². The van der Waals surface area contributed by atoms with Crippen LogP contribution < -0.4 is 11.4 Å². The summed E-state index contributed by atoms with van der Waals surface area (Å²) in [6, 6.07) is 0. The molecular weight excluding hydrogens is 274 g/mol. The molecule has 19 heavy (non-hydrogen) atoms. The highest BCUT2D eigenvalue weighted by atomic mass is 35.5. The van der Waals surface area contributed by atoms with Gasteiger partial charge in [0.25, 0.3) is 0 Å². The zero-order chi connectivity index (χ0) is 14.2. The van der Waals surface area contributed by atoms with E-state index in [1.165, 1.54) is 10.8 Å². The molecule has 1 fully saturated rings. The molecule has 1 aliphatic heterocycles. The molecule has 1 aromatic rings. The first-order valence-electron chi connectivity index (χ1n) is 5.62. The number of aliphatic hydroxyl groups excluding tert-OH is 2. The number of rotatable bonds is 3. The second-order valence-corrected chi connectivity index (χ2v) is 4.71. The minimum atomic E-state index is -0.845. The molecule has 1 aromatic heterocycles. The predicted molar refractivity (Wildman–Crippen MR) is 69.4 cm³/mol. The Kier molecular flexibility index (Phi) is 3.91. The minimum Gasteiger partial charge on any atom is -0.394 e. The Bertz CT molecular complexity index is 559. The average molecular weight is 288 g/mol. The summed E-state index contributed by atoms with van der Waals surface area (Å²) in [7, 11) is 0. The quantitative estimate of drug-likeness (QED) is 0.702. The van der Waals surface area contributed by atoms with Crippen LogP contribution in [0.5, 0.6) is 0 Å². The maximum Gasteiger partial charge on any atom is 0.351 e. The number of aliphatic hydroxyl groups is 2. The third kappa shape index (κ3) is 2.64. The van der Waals surface area contributed by atoms with Crippen LogP contribution in [0.2, 0.25) is 0 Å². The fourth-order valence-electron chi connectivity index (χ4n) is 1.95. The Balaban J connectivity index is 2.38. The number of anilines is 1. The number of nitrogen functional groups attached to an aromatic ring is 1. The summed E-state index contributed by atoms with van der Waals surface area (Å²) in [6.45, 7) is 3.20. The number of nitrogens with zero attached hydrogens (tertiary/aromatic N) is 2. The van der Waals surface area contributed by atoms with E-state index in [0.717, 1.165) is 0 Å². The maximum atomic E-state index is 11.8. The molecule has 4 N–H and O–H groups in total. The van der Waals surface area contributed by atoms with Crippen LogP contribution in [0.1, 0.15) is 18.2 Å². The summed E-state index contributed by atoms with van der Waals surface area (Å²) in [5, 5.41) is 18.8. The van der Waals surface area contributed by atoms with Gasteiger partial charge >= 0.3 is 5.69 Å². The van der Waals surface area contributed by atoms with Crippen molar-refractivity contribution in [2.75, 3.05) is 12.3 Å². The standard InChI is InChI=1S/C11H14ClN3O4/c1-5(12)6-3-15(11(18)14-10(6)13)9-2-7(17)8(4-16)19-9/h3,7-9,16-17H,1-2,4H2,(H2,13,14,18)/t7-,8+,9+/m1/s1. The molecule has 104 valence electrons. The van der Waals surface area contributed by atoms with E-state index in [-0.39, 0.29) is 23.9 Å². The molecule has 1 saturated heterocycles. The molecule has 0 radical (unpaired) electrons. The summed E-state index contributed by atoms with van der Waals surface area (Å²) < 4.78 is 6.55. The molecule has 1 aliphatic rings. The van der Waals surface area contributed by atoms with Gasteiger partial charge in [0, 0.05) is 17.6 Å². The van der Waals surface area contributed by atoms with Crippen molar-refractivity contribution in [2.45, 2.75) is 24.9 Å². The van der Waals surface area contributed by atoms with Crippen LogP contribution in [-0.4, -0.2) is 38.6 Å². The first-order valence-corrected chi connectivity index (χ1v) is 5.99. The van der Waals surface area contributed by atoms with Gasteiger partial charge in [0.1, 0.15) is 18.1 Å². The van der Waals surface area contributed by atoms with Gasteiger partial charge in [0.05, 0.1) is 18.3 Å². The molecule has 0 bridgehead atoms. The molecule has 2 heterocycles. The average Bonchev–Trinajstić information content (AvgIpc) is 2.69.